The zero-order valence-corrected chi connectivity index (χ0v) is 20.9. The molecule has 1 unspecified atom stereocenters. The fourth-order valence-electron chi connectivity index (χ4n) is 5.84. The second-order valence-corrected chi connectivity index (χ2v) is 11.0. The van der Waals surface area contributed by atoms with Gasteiger partial charge in [-0.05, 0) is 44.2 Å². The number of amides is 1. The van der Waals surface area contributed by atoms with E-state index in [1.807, 2.05) is 11.0 Å². The van der Waals surface area contributed by atoms with Gasteiger partial charge < -0.3 is 19.3 Å². The number of thioether (sulfide) groups is 1. The third-order valence-electron chi connectivity index (χ3n) is 7.88. The zero-order valence-electron chi connectivity index (χ0n) is 20.1. The molecule has 0 bridgehead atoms. The molecule has 1 amide bonds. The molecule has 4 aliphatic heterocycles. The number of morpholine rings is 1. The fraction of sp³-hybridized carbons (Fsp3) is 0.615. The lowest BCUT2D eigenvalue weighted by Crippen LogP contribution is -2.41. The minimum absolute atomic E-state index is 0.0295. The van der Waals surface area contributed by atoms with E-state index in [1.54, 1.807) is 6.07 Å². The first kappa shape index (κ1) is 23.5. The average Bonchev–Trinajstić information content (AvgIpc) is 3.53. The quantitative estimate of drug-likeness (QED) is 0.622. The van der Waals surface area contributed by atoms with E-state index in [0.29, 0.717) is 42.6 Å². The highest BCUT2D eigenvalue weighted by Crippen LogP contribution is 2.45. The van der Waals surface area contributed by atoms with Crippen LogP contribution in [-0.2, 0) is 15.2 Å². The van der Waals surface area contributed by atoms with E-state index < -0.39 is 0 Å². The highest BCUT2D eigenvalue weighted by molar-refractivity contribution is 7.98. The van der Waals surface area contributed by atoms with E-state index in [0.717, 1.165) is 74.8 Å². The van der Waals surface area contributed by atoms with E-state index in [9.17, 15) is 9.18 Å². The lowest BCUT2D eigenvalue weighted by Gasteiger charge is -2.26. The van der Waals surface area contributed by atoms with Crippen LogP contribution in [-0.4, -0.2) is 84.6 Å². The number of rotatable bonds is 5. The average molecular weight is 501 g/mol. The van der Waals surface area contributed by atoms with E-state index in [4.69, 9.17) is 14.6 Å². The molecule has 4 aliphatic rings. The van der Waals surface area contributed by atoms with Gasteiger partial charge in [0.1, 0.15) is 5.82 Å². The number of ether oxygens (including phenoxy) is 2. The van der Waals surface area contributed by atoms with E-state index in [2.05, 4.69) is 9.58 Å². The largest absolute Gasteiger partial charge is 0.381 e. The summed E-state index contributed by atoms with van der Waals surface area (Å²) in [7, 11) is 0. The standard InChI is InChI=1S/C26H33FN4O3S/c27-22-3-1-2-20-24-21(17-35-25(20)22)23(26(32)30-10-14-34-15-11-30)28-31(24)19-5-9-29(16-19)8-4-18-6-12-33-13-7-18/h1-3,18-19H,4-17H2. The van der Waals surface area contributed by atoms with Crippen molar-refractivity contribution in [1.82, 2.24) is 19.6 Å². The van der Waals surface area contributed by atoms with Crippen LogP contribution < -0.4 is 0 Å². The predicted octanol–water partition coefficient (Wildman–Crippen LogP) is 3.83. The lowest BCUT2D eigenvalue weighted by molar-refractivity contribution is 0.0297. The Hall–Kier alpha value is -1.94. The number of hydrogen-bond donors (Lipinski definition) is 0. The van der Waals surface area contributed by atoms with Crippen molar-refractivity contribution >= 4 is 17.7 Å². The van der Waals surface area contributed by atoms with Crippen molar-refractivity contribution in [3.05, 3.63) is 35.3 Å². The number of carbonyl (C=O) groups is 1. The van der Waals surface area contributed by atoms with Crippen LogP contribution in [0.15, 0.2) is 23.1 Å². The number of likely N-dealkylation sites (tertiary alicyclic amines) is 1. The second kappa shape index (κ2) is 10.2. The molecule has 3 fully saturated rings. The molecular weight excluding hydrogens is 467 g/mol. The number of carbonyl (C=O) groups excluding carboxylic acids is 1. The van der Waals surface area contributed by atoms with Crippen LogP contribution in [0.3, 0.4) is 0 Å². The molecule has 0 N–H and O–H groups in total. The van der Waals surface area contributed by atoms with Crippen LogP contribution >= 0.6 is 11.8 Å². The summed E-state index contributed by atoms with van der Waals surface area (Å²) in [4.78, 5) is 18.6. The molecule has 0 saturated carbocycles. The summed E-state index contributed by atoms with van der Waals surface area (Å²) in [6.07, 6.45) is 4.53. The molecule has 1 aromatic carbocycles. The molecule has 0 aliphatic carbocycles. The second-order valence-electron chi connectivity index (χ2n) is 10.0. The third kappa shape index (κ3) is 4.63. The van der Waals surface area contributed by atoms with Crippen LogP contribution in [0.25, 0.3) is 11.3 Å². The van der Waals surface area contributed by atoms with Crippen LogP contribution in [0.5, 0.6) is 0 Å². The number of hydrogen-bond acceptors (Lipinski definition) is 6. The minimum Gasteiger partial charge on any atom is -0.381 e. The Labute approximate surface area is 209 Å². The van der Waals surface area contributed by atoms with Gasteiger partial charge in [0.25, 0.3) is 5.91 Å². The molecule has 188 valence electrons. The molecule has 1 atom stereocenters. The molecule has 3 saturated heterocycles. The van der Waals surface area contributed by atoms with Crippen molar-refractivity contribution in [1.29, 1.82) is 0 Å². The van der Waals surface area contributed by atoms with Crippen molar-refractivity contribution in [2.24, 2.45) is 5.92 Å². The lowest BCUT2D eigenvalue weighted by atomic mass is 9.96. The van der Waals surface area contributed by atoms with Gasteiger partial charge in [-0.3, -0.25) is 9.48 Å². The maximum absolute atomic E-state index is 14.7. The molecule has 9 heteroatoms. The van der Waals surface area contributed by atoms with E-state index in [1.165, 1.54) is 24.2 Å². The van der Waals surface area contributed by atoms with Crippen molar-refractivity contribution in [2.45, 2.75) is 42.4 Å². The predicted molar refractivity (Wildman–Crippen MR) is 132 cm³/mol. The summed E-state index contributed by atoms with van der Waals surface area (Å²) in [6, 6.07) is 5.44. The molecule has 5 heterocycles. The summed E-state index contributed by atoms with van der Waals surface area (Å²) >= 11 is 1.47. The van der Waals surface area contributed by atoms with Crippen molar-refractivity contribution in [2.75, 3.05) is 59.2 Å². The van der Waals surface area contributed by atoms with Gasteiger partial charge in [0.05, 0.1) is 29.8 Å². The molecule has 1 aromatic heterocycles. The summed E-state index contributed by atoms with van der Waals surface area (Å²) in [5.41, 5.74) is 3.28. The number of nitrogens with zero attached hydrogens (tertiary/aromatic N) is 4. The molecule has 0 spiro atoms. The van der Waals surface area contributed by atoms with E-state index >= 15 is 0 Å². The van der Waals surface area contributed by atoms with Crippen LogP contribution in [0.1, 0.15) is 47.8 Å². The van der Waals surface area contributed by atoms with Gasteiger partial charge in [-0.2, -0.15) is 5.10 Å². The molecule has 0 radical (unpaired) electrons. The number of fused-ring (bicyclic) bond motifs is 3. The smallest absolute Gasteiger partial charge is 0.274 e. The summed E-state index contributed by atoms with van der Waals surface area (Å²) in [5, 5.41) is 4.97. The summed E-state index contributed by atoms with van der Waals surface area (Å²) in [6.45, 7) is 7.10. The van der Waals surface area contributed by atoms with E-state index in [-0.39, 0.29) is 17.8 Å². The van der Waals surface area contributed by atoms with Crippen molar-refractivity contribution < 1.29 is 18.7 Å². The van der Waals surface area contributed by atoms with Gasteiger partial charge in [-0.25, -0.2) is 4.39 Å². The first-order valence-corrected chi connectivity index (χ1v) is 13.9. The van der Waals surface area contributed by atoms with Gasteiger partial charge >= 0.3 is 0 Å². The van der Waals surface area contributed by atoms with Crippen LogP contribution in [0, 0.1) is 11.7 Å². The molecule has 7 nitrogen and oxygen atoms in total. The highest BCUT2D eigenvalue weighted by atomic mass is 32.2. The van der Waals surface area contributed by atoms with Crippen LogP contribution in [0.4, 0.5) is 4.39 Å². The number of halogens is 1. The van der Waals surface area contributed by atoms with Crippen molar-refractivity contribution in [3.8, 4) is 11.3 Å². The zero-order chi connectivity index (χ0) is 23.8. The van der Waals surface area contributed by atoms with Gasteiger partial charge in [0.15, 0.2) is 5.69 Å². The normalized spacial score (nSPS) is 23.3. The van der Waals surface area contributed by atoms with Crippen molar-refractivity contribution in [3.63, 3.8) is 0 Å². The number of benzene rings is 1. The Bertz CT molecular complexity index is 1080. The Balaban J connectivity index is 1.28. The van der Waals surface area contributed by atoms with Gasteiger partial charge in [-0.1, -0.05) is 12.1 Å². The van der Waals surface area contributed by atoms with Gasteiger partial charge in [0, 0.05) is 56.3 Å². The van der Waals surface area contributed by atoms with Gasteiger partial charge in [-0.15, -0.1) is 11.8 Å². The molecule has 6 rings (SSSR count). The Kier molecular flexibility index (Phi) is 6.84. The first-order chi connectivity index (χ1) is 17.2. The third-order valence-corrected chi connectivity index (χ3v) is 9.02. The fourth-order valence-corrected chi connectivity index (χ4v) is 6.93. The molecule has 35 heavy (non-hydrogen) atoms. The topological polar surface area (TPSA) is 59.8 Å². The number of aromatic nitrogens is 2. The maximum Gasteiger partial charge on any atom is 0.274 e. The maximum atomic E-state index is 14.7. The highest BCUT2D eigenvalue weighted by Gasteiger charge is 2.36. The first-order valence-electron chi connectivity index (χ1n) is 12.9. The summed E-state index contributed by atoms with van der Waals surface area (Å²) < 4.78 is 27.7. The Morgan fingerprint density at radius 1 is 1.09 bits per heavy atom. The van der Waals surface area contributed by atoms with Crippen LogP contribution in [0.2, 0.25) is 0 Å². The Morgan fingerprint density at radius 2 is 1.89 bits per heavy atom. The monoisotopic (exact) mass is 500 g/mol. The Morgan fingerprint density at radius 3 is 2.71 bits per heavy atom. The minimum atomic E-state index is -0.198. The molecular formula is C26H33FN4O3S. The summed E-state index contributed by atoms with van der Waals surface area (Å²) in [5.74, 6) is 1.09. The SMILES string of the molecule is O=C(c1nn(C2CCN(CCC3CCOCC3)C2)c2c1CSc1c(F)cccc1-2)N1CCOCC1. The molecule has 2 aromatic rings. The van der Waals surface area contributed by atoms with Gasteiger partial charge in [0.2, 0.25) is 0 Å².